The molecule has 2 aliphatic rings. The van der Waals surface area contributed by atoms with Crippen molar-refractivity contribution >= 4 is 33.0 Å². The molecule has 1 aliphatic carbocycles. The van der Waals surface area contributed by atoms with Gasteiger partial charge in [0.1, 0.15) is 9.84 Å². The molecule has 1 aromatic rings. The second-order valence-corrected chi connectivity index (χ2v) is 9.50. The highest BCUT2D eigenvalue weighted by atomic mass is 32.2. The number of thioether (sulfide) groups is 1. The molecule has 0 saturated heterocycles. The van der Waals surface area contributed by atoms with Gasteiger partial charge in [-0.3, -0.25) is 0 Å². The van der Waals surface area contributed by atoms with Crippen LogP contribution in [0, 0.1) is 0 Å². The molecule has 2 unspecified atom stereocenters. The van der Waals surface area contributed by atoms with Crippen molar-refractivity contribution < 1.29 is 8.42 Å². The Morgan fingerprint density at radius 1 is 1.33 bits per heavy atom. The summed E-state index contributed by atoms with van der Waals surface area (Å²) in [6, 6.07) is 6.37. The summed E-state index contributed by atoms with van der Waals surface area (Å²) in [5.74, 6) is 1.05. The molecule has 2 N–H and O–H groups in total. The van der Waals surface area contributed by atoms with E-state index in [1.165, 1.54) is 16.8 Å². The van der Waals surface area contributed by atoms with Gasteiger partial charge >= 0.3 is 0 Å². The summed E-state index contributed by atoms with van der Waals surface area (Å²) in [5, 5.41) is -0.185. The number of fused-ring (bicyclic) bond motifs is 1. The quantitative estimate of drug-likeness (QED) is 0.846. The third-order valence-electron chi connectivity index (χ3n) is 4.53. The van der Waals surface area contributed by atoms with E-state index >= 15 is 0 Å². The topological polar surface area (TPSA) is 63.4 Å². The Labute approximate surface area is 131 Å². The third kappa shape index (κ3) is 3.16. The van der Waals surface area contributed by atoms with Crippen molar-refractivity contribution in [2.24, 2.45) is 0 Å². The smallest absolute Gasteiger partial charge is 0.150 e. The Morgan fingerprint density at radius 2 is 2.14 bits per heavy atom. The fraction of sp³-hybridized carbons (Fsp3) is 0.600. The highest BCUT2D eigenvalue weighted by molar-refractivity contribution is 7.99. The first-order valence-electron chi connectivity index (χ1n) is 7.43. The van der Waals surface area contributed by atoms with Gasteiger partial charge in [-0.2, -0.15) is 0 Å². The van der Waals surface area contributed by atoms with Crippen LogP contribution in [0.3, 0.4) is 0 Å². The molecule has 116 valence electrons. The average Bonchev–Trinajstić information content (AvgIpc) is 2.46. The Morgan fingerprint density at radius 3 is 2.90 bits per heavy atom. The monoisotopic (exact) mass is 326 g/mol. The van der Waals surface area contributed by atoms with E-state index in [0.29, 0.717) is 6.04 Å². The standard InChI is InChI=1S/C15H22N2O2S2/c1-21(18,19)13-4-2-3-12(10-13)17-7-8-20-15-6-5-11(16)9-14(15)17/h5-6,9,12-13H,2-4,7-8,10,16H2,1H3. The molecule has 0 bridgehead atoms. The Bertz CT molecular complexity index is 631. The van der Waals surface area contributed by atoms with Crippen LogP contribution in [0.1, 0.15) is 25.7 Å². The molecule has 0 radical (unpaired) electrons. The molecule has 1 aromatic carbocycles. The minimum Gasteiger partial charge on any atom is -0.399 e. The summed E-state index contributed by atoms with van der Waals surface area (Å²) in [4.78, 5) is 3.65. The number of hydrogen-bond donors (Lipinski definition) is 1. The highest BCUT2D eigenvalue weighted by Gasteiger charge is 2.33. The van der Waals surface area contributed by atoms with Crippen molar-refractivity contribution in [2.45, 2.75) is 41.9 Å². The molecule has 3 rings (SSSR count). The second-order valence-electron chi connectivity index (χ2n) is 6.04. The number of benzene rings is 1. The van der Waals surface area contributed by atoms with Crippen LogP contribution < -0.4 is 10.6 Å². The molecule has 6 heteroatoms. The molecular weight excluding hydrogens is 304 g/mol. The van der Waals surface area contributed by atoms with Gasteiger partial charge in [-0.05, 0) is 37.5 Å². The normalized spacial score (nSPS) is 26.4. The first-order chi connectivity index (χ1) is 9.95. The van der Waals surface area contributed by atoms with Crippen LogP contribution in [-0.4, -0.2) is 38.3 Å². The van der Waals surface area contributed by atoms with Crippen molar-refractivity contribution in [1.29, 1.82) is 0 Å². The van der Waals surface area contributed by atoms with E-state index < -0.39 is 9.84 Å². The Kier molecular flexibility index (Phi) is 4.10. The molecule has 4 nitrogen and oxygen atoms in total. The van der Waals surface area contributed by atoms with E-state index in [1.54, 1.807) is 0 Å². The lowest BCUT2D eigenvalue weighted by molar-refractivity contribution is 0.412. The number of nitrogens with two attached hydrogens (primary N) is 1. The maximum atomic E-state index is 11.9. The van der Waals surface area contributed by atoms with Gasteiger partial charge in [0, 0.05) is 35.2 Å². The third-order valence-corrected chi connectivity index (χ3v) is 7.21. The van der Waals surface area contributed by atoms with E-state index in [2.05, 4.69) is 11.0 Å². The van der Waals surface area contributed by atoms with Crippen molar-refractivity contribution in [3.8, 4) is 0 Å². The molecule has 0 amide bonds. The summed E-state index contributed by atoms with van der Waals surface area (Å²) < 4.78 is 23.7. The van der Waals surface area contributed by atoms with E-state index in [-0.39, 0.29) is 5.25 Å². The first kappa shape index (κ1) is 15.0. The van der Waals surface area contributed by atoms with Crippen LogP contribution >= 0.6 is 11.8 Å². The van der Waals surface area contributed by atoms with Crippen molar-refractivity contribution in [1.82, 2.24) is 0 Å². The molecule has 0 spiro atoms. The largest absolute Gasteiger partial charge is 0.399 e. The maximum absolute atomic E-state index is 11.9. The summed E-state index contributed by atoms with van der Waals surface area (Å²) in [5.41, 5.74) is 7.90. The van der Waals surface area contributed by atoms with Gasteiger partial charge in [0.15, 0.2) is 0 Å². The zero-order valence-electron chi connectivity index (χ0n) is 12.3. The Balaban J connectivity index is 1.86. The van der Waals surface area contributed by atoms with Gasteiger partial charge in [-0.25, -0.2) is 8.42 Å². The van der Waals surface area contributed by atoms with E-state index in [0.717, 1.165) is 43.7 Å². The van der Waals surface area contributed by atoms with Gasteiger partial charge in [0.05, 0.1) is 10.9 Å². The van der Waals surface area contributed by atoms with Crippen LogP contribution in [-0.2, 0) is 9.84 Å². The molecule has 1 saturated carbocycles. The fourth-order valence-corrected chi connectivity index (χ4v) is 5.59. The van der Waals surface area contributed by atoms with Crippen LogP contribution in [0.25, 0.3) is 0 Å². The van der Waals surface area contributed by atoms with Crippen LogP contribution in [0.4, 0.5) is 11.4 Å². The lowest BCUT2D eigenvalue weighted by Gasteiger charge is -2.41. The van der Waals surface area contributed by atoms with Gasteiger partial charge in [-0.15, -0.1) is 11.8 Å². The maximum Gasteiger partial charge on any atom is 0.150 e. The SMILES string of the molecule is CS(=O)(=O)C1CCCC(N2CCSc3ccc(N)cc32)C1. The second kappa shape index (κ2) is 5.72. The van der Waals surface area contributed by atoms with E-state index in [1.807, 2.05) is 23.9 Å². The molecule has 1 fully saturated rings. The summed E-state index contributed by atoms with van der Waals surface area (Å²) in [7, 11) is -2.94. The van der Waals surface area contributed by atoms with Gasteiger partial charge in [0.2, 0.25) is 0 Å². The van der Waals surface area contributed by atoms with Crippen LogP contribution in [0.2, 0.25) is 0 Å². The molecular formula is C15H22N2O2S2. The summed E-state index contributed by atoms with van der Waals surface area (Å²) in [6.07, 6.45) is 4.99. The number of hydrogen-bond acceptors (Lipinski definition) is 5. The number of nitrogen functional groups attached to an aromatic ring is 1. The van der Waals surface area contributed by atoms with Crippen molar-refractivity contribution in [2.75, 3.05) is 29.2 Å². The minimum absolute atomic E-state index is 0.185. The summed E-state index contributed by atoms with van der Waals surface area (Å²) >= 11 is 1.86. The molecule has 21 heavy (non-hydrogen) atoms. The predicted octanol–water partition coefficient (Wildman–Crippen LogP) is 2.54. The zero-order chi connectivity index (χ0) is 15.0. The van der Waals surface area contributed by atoms with Gasteiger partial charge < -0.3 is 10.6 Å². The van der Waals surface area contributed by atoms with Crippen LogP contribution in [0.15, 0.2) is 23.1 Å². The van der Waals surface area contributed by atoms with Crippen molar-refractivity contribution in [3.63, 3.8) is 0 Å². The van der Waals surface area contributed by atoms with Gasteiger partial charge in [-0.1, -0.05) is 6.42 Å². The van der Waals surface area contributed by atoms with E-state index in [9.17, 15) is 8.42 Å². The molecule has 1 heterocycles. The first-order valence-corrected chi connectivity index (χ1v) is 10.4. The van der Waals surface area contributed by atoms with Crippen LogP contribution in [0.5, 0.6) is 0 Å². The fourth-order valence-electron chi connectivity index (χ4n) is 3.43. The Hall–Kier alpha value is -0.880. The highest BCUT2D eigenvalue weighted by Crippen LogP contribution is 2.40. The lowest BCUT2D eigenvalue weighted by Crippen LogP contribution is -2.44. The van der Waals surface area contributed by atoms with E-state index in [4.69, 9.17) is 5.73 Å². The summed E-state index contributed by atoms with van der Waals surface area (Å²) in [6.45, 7) is 0.974. The zero-order valence-corrected chi connectivity index (χ0v) is 13.9. The lowest BCUT2D eigenvalue weighted by atomic mass is 9.93. The number of rotatable bonds is 2. The molecule has 0 aromatic heterocycles. The number of anilines is 2. The van der Waals surface area contributed by atoms with Gasteiger partial charge in [0.25, 0.3) is 0 Å². The average molecular weight is 326 g/mol. The number of nitrogens with zero attached hydrogens (tertiary/aromatic N) is 1. The molecule has 1 aliphatic heterocycles. The minimum atomic E-state index is -2.94. The van der Waals surface area contributed by atoms with Crippen molar-refractivity contribution in [3.05, 3.63) is 18.2 Å². The molecule has 2 atom stereocenters. The number of sulfone groups is 1. The predicted molar refractivity (Wildman–Crippen MR) is 89.8 cm³/mol.